The molecular weight excluding hydrogens is 267 g/mol. The lowest BCUT2D eigenvalue weighted by Gasteiger charge is -1.96. The van der Waals surface area contributed by atoms with Gasteiger partial charge in [-0.15, -0.1) is 0 Å². The van der Waals surface area contributed by atoms with Gasteiger partial charge in [-0.3, -0.25) is 9.78 Å². The third kappa shape index (κ3) is 2.81. The molecule has 0 fully saturated rings. The van der Waals surface area contributed by atoms with Gasteiger partial charge in [0, 0.05) is 11.8 Å². The summed E-state index contributed by atoms with van der Waals surface area (Å²) < 4.78 is 13.1. The zero-order valence-electron chi connectivity index (χ0n) is 9.55. The summed E-state index contributed by atoms with van der Waals surface area (Å²) in [5.41, 5.74) is 0.514. The highest BCUT2D eigenvalue weighted by molar-refractivity contribution is 7.19. The molecule has 0 atom stereocenters. The molecule has 0 unspecified atom stereocenters. The smallest absolute Gasteiger partial charge is 0.248 e. The number of halogens is 1. The SMILES string of the molecule is C=CC(=O)Nc1sc(-c2cncc(F)c2)nc1C#N. The van der Waals surface area contributed by atoms with Crippen LogP contribution in [0.2, 0.25) is 0 Å². The highest BCUT2D eigenvalue weighted by Gasteiger charge is 2.14. The average Bonchev–Trinajstić information content (AvgIpc) is 2.81. The first-order valence-corrected chi connectivity index (χ1v) is 5.91. The summed E-state index contributed by atoms with van der Waals surface area (Å²) in [6.07, 6.45) is 3.59. The monoisotopic (exact) mass is 274 g/mol. The van der Waals surface area contributed by atoms with Crippen molar-refractivity contribution in [1.29, 1.82) is 5.26 Å². The van der Waals surface area contributed by atoms with Gasteiger partial charge < -0.3 is 5.32 Å². The fourth-order valence-electron chi connectivity index (χ4n) is 1.30. The number of pyridine rings is 1. The molecule has 0 spiro atoms. The maximum atomic E-state index is 13.1. The van der Waals surface area contributed by atoms with E-state index in [1.807, 2.05) is 6.07 Å². The van der Waals surface area contributed by atoms with Crippen molar-refractivity contribution in [1.82, 2.24) is 9.97 Å². The van der Waals surface area contributed by atoms with E-state index >= 15 is 0 Å². The lowest BCUT2D eigenvalue weighted by Crippen LogP contribution is -2.06. The Bertz CT molecular complexity index is 689. The first-order chi connectivity index (χ1) is 9.13. The van der Waals surface area contributed by atoms with Crippen LogP contribution in [0.15, 0.2) is 31.1 Å². The van der Waals surface area contributed by atoms with Gasteiger partial charge in [-0.05, 0) is 12.1 Å². The molecule has 2 aromatic heterocycles. The normalized spacial score (nSPS) is 9.68. The van der Waals surface area contributed by atoms with Crippen LogP contribution < -0.4 is 5.32 Å². The Morgan fingerprint density at radius 1 is 1.58 bits per heavy atom. The Morgan fingerprint density at radius 2 is 2.37 bits per heavy atom. The Hall–Kier alpha value is -2.59. The van der Waals surface area contributed by atoms with E-state index in [2.05, 4.69) is 21.9 Å². The van der Waals surface area contributed by atoms with Gasteiger partial charge in [0.2, 0.25) is 5.91 Å². The highest BCUT2D eigenvalue weighted by Crippen LogP contribution is 2.31. The number of aromatic nitrogens is 2. The minimum Gasteiger partial charge on any atom is -0.312 e. The van der Waals surface area contributed by atoms with Gasteiger partial charge in [0.15, 0.2) is 5.69 Å². The molecule has 0 saturated carbocycles. The number of nitrogens with one attached hydrogen (secondary N) is 1. The van der Waals surface area contributed by atoms with Gasteiger partial charge in [-0.1, -0.05) is 17.9 Å². The number of hydrogen-bond acceptors (Lipinski definition) is 5. The van der Waals surface area contributed by atoms with Gasteiger partial charge in [0.05, 0.1) is 6.20 Å². The summed E-state index contributed by atoms with van der Waals surface area (Å²) in [6.45, 7) is 3.32. The van der Waals surface area contributed by atoms with Crippen molar-refractivity contribution in [2.45, 2.75) is 0 Å². The van der Waals surface area contributed by atoms with Crippen LogP contribution in [0, 0.1) is 17.1 Å². The summed E-state index contributed by atoms with van der Waals surface area (Å²) in [6, 6.07) is 3.12. The van der Waals surface area contributed by atoms with Crippen LogP contribution in [-0.2, 0) is 4.79 Å². The van der Waals surface area contributed by atoms with E-state index < -0.39 is 11.7 Å². The van der Waals surface area contributed by atoms with Crippen LogP contribution in [0.1, 0.15) is 5.69 Å². The Morgan fingerprint density at radius 3 is 3.00 bits per heavy atom. The molecule has 0 radical (unpaired) electrons. The van der Waals surface area contributed by atoms with Crippen molar-refractivity contribution >= 4 is 22.2 Å². The van der Waals surface area contributed by atoms with Crippen LogP contribution in [0.3, 0.4) is 0 Å². The molecule has 2 aromatic rings. The molecular formula is C12H7FN4OS. The largest absolute Gasteiger partial charge is 0.312 e. The first kappa shape index (κ1) is 12.9. The Balaban J connectivity index is 2.41. The van der Waals surface area contributed by atoms with Gasteiger partial charge in [-0.25, -0.2) is 9.37 Å². The fourth-order valence-corrected chi connectivity index (χ4v) is 2.20. The van der Waals surface area contributed by atoms with Crippen LogP contribution in [-0.4, -0.2) is 15.9 Å². The summed E-state index contributed by atoms with van der Waals surface area (Å²) >= 11 is 1.07. The molecule has 5 nitrogen and oxygen atoms in total. The zero-order chi connectivity index (χ0) is 13.8. The second-order valence-corrected chi connectivity index (χ2v) is 4.39. The van der Waals surface area contributed by atoms with Crippen molar-refractivity contribution in [3.8, 4) is 16.6 Å². The standard InChI is InChI=1S/C12H7FN4OS/c1-2-10(18)17-12-9(4-14)16-11(19-12)7-3-8(13)6-15-5-7/h2-3,5-6H,1H2,(H,17,18). The zero-order valence-corrected chi connectivity index (χ0v) is 10.4. The lowest BCUT2D eigenvalue weighted by molar-refractivity contribution is -0.111. The van der Waals surface area contributed by atoms with Gasteiger partial charge in [-0.2, -0.15) is 5.26 Å². The minimum absolute atomic E-state index is 0.0689. The number of hydrogen-bond donors (Lipinski definition) is 1. The van der Waals surface area contributed by atoms with Crippen molar-refractivity contribution in [3.05, 3.63) is 42.6 Å². The molecule has 0 aliphatic rings. The summed E-state index contributed by atoms with van der Waals surface area (Å²) in [4.78, 5) is 19.0. The summed E-state index contributed by atoms with van der Waals surface area (Å²) in [5, 5.41) is 12.1. The second-order valence-electron chi connectivity index (χ2n) is 3.39. The van der Waals surface area contributed by atoms with Crippen LogP contribution >= 0.6 is 11.3 Å². The lowest BCUT2D eigenvalue weighted by atomic mass is 10.3. The third-order valence-corrected chi connectivity index (χ3v) is 3.13. The summed E-state index contributed by atoms with van der Waals surface area (Å²) in [7, 11) is 0. The maximum absolute atomic E-state index is 13.1. The highest BCUT2D eigenvalue weighted by atomic mass is 32.1. The van der Waals surface area contributed by atoms with Crippen molar-refractivity contribution in [2.24, 2.45) is 0 Å². The summed E-state index contributed by atoms with van der Waals surface area (Å²) in [5.74, 6) is -0.938. The van der Waals surface area contributed by atoms with E-state index in [0.29, 0.717) is 15.6 Å². The minimum atomic E-state index is -0.497. The van der Waals surface area contributed by atoms with E-state index in [1.54, 1.807) is 0 Å². The molecule has 0 aliphatic carbocycles. The molecule has 2 heterocycles. The van der Waals surface area contributed by atoms with Crippen molar-refractivity contribution < 1.29 is 9.18 Å². The number of amides is 1. The van der Waals surface area contributed by atoms with Crippen molar-refractivity contribution in [3.63, 3.8) is 0 Å². The molecule has 2 rings (SSSR count). The second kappa shape index (κ2) is 5.37. The number of thiazole rings is 1. The van der Waals surface area contributed by atoms with Crippen LogP contribution in [0.25, 0.3) is 10.6 Å². The topological polar surface area (TPSA) is 78.7 Å². The molecule has 0 bridgehead atoms. The van der Waals surface area contributed by atoms with E-state index in [-0.39, 0.29) is 5.69 Å². The van der Waals surface area contributed by atoms with Crippen LogP contribution in [0.5, 0.6) is 0 Å². The molecule has 0 aliphatic heterocycles. The quantitative estimate of drug-likeness (QED) is 0.871. The molecule has 1 N–H and O–H groups in total. The predicted molar refractivity (Wildman–Crippen MR) is 68.8 cm³/mol. The number of carbonyl (C=O) groups is 1. The van der Waals surface area contributed by atoms with Gasteiger partial charge in [0.25, 0.3) is 0 Å². The van der Waals surface area contributed by atoms with Crippen LogP contribution in [0.4, 0.5) is 9.39 Å². The molecule has 19 heavy (non-hydrogen) atoms. The Kier molecular flexibility index (Phi) is 3.63. The molecule has 7 heteroatoms. The number of anilines is 1. The number of nitriles is 1. The van der Waals surface area contributed by atoms with E-state index in [0.717, 1.165) is 23.6 Å². The fraction of sp³-hybridized carbons (Fsp3) is 0. The predicted octanol–water partition coefficient (Wildman–Crippen LogP) is 2.34. The van der Waals surface area contributed by atoms with Crippen molar-refractivity contribution in [2.75, 3.05) is 5.32 Å². The first-order valence-electron chi connectivity index (χ1n) is 5.09. The number of carbonyl (C=O) groups excluding carboxylic acids is 1. The molecule has 0 saturated heterocycles. The molecule has 0 aromatic carbocycles. The van der Waals surface area contributed by atoms with E-state index in [1.165, 1.54) is 12.3 Å². The number of nitrogens with zero attached hydrogens (tertiary/aromatic N) is 3. The third-order valence-electron chi connectivity index (χ3n) is 2.11. The Labute approximate surface area is 112 Å². The molecule has 1 amide bonds. The maximum Gasteiger partial charge on any atom is 0.248 e. The number of rotatable bonds is 3. The molecule has 94 valence electrons. The van der Waals surface area contributed by atoms with E-state index in [9.17, 15) is 9.18 Å². The van der Waals surface area contributed by atoms with E-state index in [4.69, 9.17) is 5.26 Å². The van der Waals surface area contributed by atoms with Gasteiger partial charge >= 0.3 is 0 Å². The average molecular weight is 274 g/mol. The van der Waals surface area contributed by atoms with Gasteiger partial charge in [0.1, 0.15) is 21.9 Å².